The smallest absolute Gasteiger partial charge is 0.343 e. The number of nitro groups is 1. The van der Waals surface area contributed by atoms with Crippen molar-refractivity contribution in [2.24, 2.45) is 0 Å². The van der Waals surface area contributed by atoms with Crippen LogP contribution in [0.1, 0.15) is 22.8 Å². The predicted octanol–water partition coefficient (Wildman–Crippen LogP) is 0.808. The maximum absolute atomic E-state index is 10.9. The molecule has 0 heterocycles. The van der Waals surface area contributed by atoms with Crippen LogP contribution >= 0.6 is 0 Å². The van der Waals surface area contributed by atoms with E-state index in [2.05, 4.69) is 0 Å². The molecule has 1 aromatic carbocycles. The Bertz CT molecular complexity index is 568. The third kappa shape index (κ3) is 3.01. The third-order valence-corrected chi connectivity index (χ3v) is 2.45. The molecule has 9 heteroatoms. The van der Waals surface area contributed by atoms with Crippen molar-refractivity contribution in [2.75, 3.05) is 0 Å². The van der Waals surface area contributed by atoms with Crippen LogP contribution in [-0.4, -0.2) is 38.6 Å². The van der Waals surface area contributed by atoms with Crippen LogP contribution in [0.5, 0.6) is 11.5 Å². The molecule has 0 saturated carbocycles. The standard InChI is InChI=1S/C11H11NO8/c1-5(3-13)20-4-6-7(12(18)19)2-8(14)9(10(6)15)11(16)17/h2-3,5,14-15H,4H2,1H3,(H,16,17). The molecule has 1 unspecified atom stereocenters. The van der Waals surface area contributed by atoms with Crippen molar-refractivity contribution in [2.45, 2.75) is 19.6 Å². The maximum atomic E-state index is 10.9. The molecule has 0 aliphatic heterocycles. The number of ether oxygens (including phenoxy) is 1. The predicted molar refractivity (Wildman–Crippen MR) is 63.7 cm³/mol. The first-order valence-corrected chi connectivity index (χ1v) is 5.32. The number of hydrogen-bond acceptors (Lipinski definition) is 7. The van der Waals surface area contributed by atoms with Gasteiger partial charge in [0.15, 0.2) is 0 Å². The topological polar surface area (TPSA) is 147 Å². The van der Waals surface area contributed by atoms with Gasteiger partial charge in [0.2, 0.25) is 0 Å². The highest BCUT2D eigenvalue weighted by atomic mass is 16.6. The lowest BCUT2D eigenvalue weighted by Gasteiger charge is -2.11. The fraction of sp³-hybridized carbons (Fsp3) is 0.273. The van der Waals surface area contributed by atoms with E-state index in [9.17, 15) is 29.9 Å². The zero-order valence-corrected chi connectivity index (χ0v) is 10.3. The Balaban J connectivity index is 3.37. The number of nitro benzene ring substituents is 1. The number of carboxylic acid groups (broad SMARTS) is 1. The Morgan fingerprint density at radius 3 is 2.60 bits per heavy atom. The van der Waals surface area contributed by atoms with Crippen LogP contribution < -0.4 is 0 Å². The minimum absolute atomic E-state index is 0.432. The van der Waals surface area contributed by atoms with Crippen molar-refractivity contribution in [3.8, 4) is 11.5 Å². The van der Waals surface area contributed by atoms with Crippen LogP contribution in [-0.2, 0) is 16.1 Å². The van der Waals surface area contributed by atoms with E-state index < -0.39 is 51.9 Å². The van der Waals surface area contributed by atoms with E-state index in [4.69, 9.17) is 9.84 Å². The molecule has 1 aromatic rings. The van der Waals surface area contributed by atoms with E-state index in [1.807, 2.05) is 0 Å². The van der Waals surface area contributed by atoms with Crippen LogP contribution in [0.25, 0.3) is 0 Å². The summed E-state index contributed by atoms with van der Waals surface area (Å²) in [7, 11) is 0. The summed E-state index contributed by atoms with van der Waals surface area (Å²) in [5.74, 6) is -3.56. The number of carbonyl (C=O) groups excluding carboxylic acids is 1. The largest absolute Gasteiger partial charge is 0.507 e. The number of nitrogens with zero attached hydrogens (tertiary/aromatic N) is 1. The van der Waals surface area contributed by atoms with Gasteiger partial charge in [-0.25, -0.2) is 4.79 Å². The van der Waals surface area contributed by atoms with Crippen molar-refractivity contribution in [3.63, 3.8) is 0 Å². The Morgan fingerprint density at radius 1 is 1.55 bits per heavy atom. The number of hydrogen-bond donors (Lipinski definition) is 3. The Hall–Kier alpha value is -2.68. The van der Waals surface area contributed by atoms with Gasteiger partial charge < -0.3 is 24.9 Å². The zero-order valence-electron chi connectivity index (χ0n) is 10.3. The van der Waals surface area contributed by atoms with Crippen molar-refractivity contribution in [1.82, 2.24) is 0 Å². The molecule has 0 aromatic heterocycles. The number of carboxylic acids is 1. The van der Waals surface area contributed by atoms with Gasteiger partial charge in [-0.3, -0.25) is 10.1 Å². The first-order valence-electron chi connectivity index (χ1n) is 5.32. The van der Waals surface area contributed by atoms with E-state index in [1.165, 1.54) is 6.92 Å². The number of phenols is 2. The van der Waals surface area contributed by atoms with E-state index >= 15 is 0 Å². The van der Waals surface area contributed by atoms with Gasteiger partial charge in [0.05, 0.1) is 23.2 Å². The molecule has 0 amide bonds. The monoisotopic (exact) mass is 285 g/mol. The second-order valence-corrected chi connectivity index (χ2v) is 3.83. The summed E-state index contributed by atoms with van der Waals surface area (Å²) in [6.45, 7) is 0.816. The third-order valence-electron chi connectivity index (χ3n) is 2.45. The van der Waals surface area contributed by atoms with Gasteiger partial charge in [0.25, 0.3) is 5.69 Å². The van der Waals surface area contributed by atoms with E-state index in [-0.39, 0.29) is 0 Å². The van der Waals surface area contributed by atoms with Crippen LogP contribution in [0.2, 0.25) is 0 Å². The van der Waals surface area contributed by atoms with Crippen LogP contribution in [0.15, 0.2) is 6.07 Å². The minimum Gasteiger partial charge on any atom is -0.507 e. The van der Waals surface area contributed by atoms with Gasteiger partial charge >= 0.3 is 5.97 Å². The van der Waals surface area contributed by atoms with Crippen LogP contribution in [0.4, 0.5) is 5.69 Å². The first-order chi connectivity index (χ1) is 9.29. The second kappa shape index (κ2) is 5.97. The molecular formula is C11H11NO8. The number of aromatic hydroxyl groups is 2. The zero-order chi connectivity index (χ0) is 15.4. The highest BCUT2D eigenvalue weighted by Gasteiger charge is 2.28. The summed E-state index contributed by atoms with van der Waals surface area (Å²) in [6, 6.07) is 0.605. The Kier molecular flexibility index (Phi) is 4.59. The lowest BCUT2D eigenvalue weighted by Crippen LogP contribution is -2.11. The van der Waals surface area contributed by atoms with Crippen molar-refractivity contribution >= 4 is 17.9 Å². The van der Waals surface area contributed by atoms with Crippen molar-refractivity contribution < 1.29 is 34.6 Å². The molecule has 9 nitrogen and oxygen atoms in total. The van der Waals surface area contributed by atoms with Gasteiger partial charge in [-0.05, 0) is 6.92 Å². The van der Waals surface area contributed by atoms with E-state index in [0.29, 0.717) is 12.4 Å². The summed E-state index contributed by atoms with van der Waals surface area (Å²) in [5.41, 5.74) is -2.00. The fourth-order valence-electron chi connectivity index (χ4n) is 1.45. The van der Waals surface area contributed by atoms with Crippen molar-refractivity contribution in [3.05, 3.63) is 27.3 Å². The molecule has 108 valence electrons. The average molecular weight is 285 g/mol. The average Bonchev–Trinajstić information content (AvgIpc) is 2.35. The summed E-state index contributed by atoms with van der Waals surface area (Å²) >= 11 is 0. The molecule has 0 saturated heterocycles. The van der Waals surface area contributed by atoms with Crippen LogP contribution in [0.3, 0.4) is 0 Å². The first kappa shape index (κ1) is 15.4. The number of aldehydes is 1. The van der Waals surface area contributed by atoms with Gasteiger partial charge in [0, 0.05) is 0 Å². The number of rotatable bonds is 6. The molecule has 0 aliphatic carbocycles. The van der Waals surface area contributed by atoms with Gasteiger partial charge in [-0.15, -0.1) is 0 Å². The molecule has 0 fully saturated rings. The fourth-order valence-corrected chi connectivity index (χ4v) is 1.45. The maximum Gasteiger partial charge on any atom is 0.343 e. The Labute approximate surface area is 112 Å². The highest BCUT2D eigenvalue weighted by molar-refractivity contribution is 5.95. The Morgan fingerprint density at radius 2 is 2.15 bits per heavy atom. The molecular weight excluding hydrogens is 274 g/mol. The lowest BCUT2D eigenvalue weighted by molar-refractivity contribution is -0.386. The molecule has 1 rings (SSSR count). The molecule has 20 heavy (non-hydrogen) atoms. The second-order valence-electron chi connectivity index (χ2n) is 3.83. The van der Waals surface area contributed by atoms with Gasteiger partial charge in [0.1, 0.15) is 29.5 Å². The molecule has 1 atom stereocenters. The number of aromatic carboxylic acids is 1. The summed E-state index contributed by atoms with van der Waals surface area (Å²) in [4.78, 5) is 31.2. The van der Waals surface area contributed by atoms with Crippen molar-refractivity contribution in [1.29, 1.82) is 0 Å². The molecule has 0 aliphatic rings. The minimum atomic E-state index is -1.65. The molecule has 3 N–H and O–H groups in total. The summed E-state index contributed by atoms with van der Waals surface area (Å²) < 4.78 is 4.92. The molecule has 0 spiro atoms. The highest BCUT2D eigenvalue weighted by Crippen LogP contribution is 2.38. The lowest BCUT2D eigenvalue weighted by atomic mass is 10.1. The number of benzene rings is 1. The normalized spacial score (nSPS) is 11.8. The molecule has 0 radical (unpaired) electrons. The number of carbonyl (C=O) groups is 2. The van der Waals surface area contributed by atoms with Gasteiger partial charge in [-0.1, -0.05) is 0 Å². The SMILES string of the molecule is CC(C=O)OCc1c([N+](=O)[O-])cc(O)c(C(=O)O)c1O. The van der Waals surface area contributed by atoms with E-state index in [0.717, 1.165) is 0 Å². The van der Waals surface area contributed by atoms with Gasteiger partial charge in [-0.2, -0.15) is 0 Å². The summed E-state index contributed by atoms with van der Waals surface area (Å²) in [6.07, 6.45) is -0.461. The quantitative estimate of drug-likeness (QED) is 0.395. The van der Waals surface area contributed by atoms with Crippen LogP contribution in [0, 0.1) is 10.1 Å². The van der Waals surface area contributed by atoms with E-state index in [1.54, 1.807) is 0 Å². The summed E-state index contributed by atoms with van der Waals surface area (Å²) in [5, 5.41) is 38.8. The molecule has 0 bridgehead atoms.